The Kier molecular flexibility index (Phi) is 4.27. The molecule has 0 heterocycles. The molecule has 1 aromatic carbocycles. The minimum Gasteiger partial charge on any atom is -0.184 e. The van der Waals surface area contributed by atoms with Crippen molar-refractivity contribution in [3.05, 3.63) is 30.3 Å². The molecule has 0 unspecified atom stereocenters. The van der Waals surface area contributed by atoms with E-state index in [0.717, 1.165) is 4.90 Å². The molecule has 46 valence electrons. The summed E-state index contributed by atoms with van der Waals surface area (Å²) in [5, 5.41) is 0. The summed E-state index contributed by atoms with van der Waals surface area (Å²) in [4.78, 5) is 0.985. The molecule has 0 spiro atoms. The molecule has 0 nitrogen and oxygen atoms in total. The summed E-state index contributed by atoms with van der Waals surface area (Å²) >= 11 is 4.06. The second-order valence-electron chi connectivity index (χ2n) is 1.26. The van der Waals surface area contributed by atoms with E-state index in [4.69, 9.17) is 0 Å². The minimum atomic E-state index is 0. The second-order valence-corrected chi connectivity index (χ2v) is 1.77. The molecule has 0 N–H and O–H groups in total. The first-order valence-corrected chi connectivity index (χ1v) is 2.49. The fraction of sp³-hybridized carbons (Fsp3) is 0. The van der Waals surface area contributed by atoms with Crippen LogP contribution in [0.2, 0.25) is 0 Å². The largest absolute Gasteiger partial charge is 0.184 e. The molecule has 0 aliphatic heterocycles. The third-order valence-electron chi connectivity index (χ3n) is 0.701. The van der Waals surface area contributed by atoms with Gasteiger partial charge < -0.3 is 0 Å². The van der Waals surface area contributed by atoms with Crippen LogP contribution in [0.15, 0.2) is 29.2 Å². The van der Waals surface area contributed by atoms with Crippen LogP contribution in [0.25, 0.3) is 0 Å². The summed E-state index contributed by atoms with van der Waals surface area (Å²) in [6.07, 6.45) is 0. The van der Waals surface area contributed by atoms with E-state index < -0.39 is 0 Å². The van der Waals surface area contributed by atoms with Crippen LogP contribution in [0.5, 0.6) is 0 Å². The first kappa shape index (κ1) is 8.23. The summed E-state index contributed by atoms with van der Waals surface area (Å²) in [5.41, 5.74) is 0. The van der Waals surface area contributed by atoms with Crippen molar-refractivity contribution in [1.82, 2.24) is 0 Å². The molecular formula is C6H5PdS-. The Morgan fingerprint density at radius 3 is 2.00 bits per heavy atom. The quantitative estimate of drug-likeness (QED) is 0.381. The van der Waals surface area contributed by atoms with Crippen molar-refractivity contribution in [2.75, 3.05) is 0 Å². The Morgan fingerprint density at radius 2 is 1.75 bits per heavy atom. The van der Waals surface area contributed by atoms with Crippen molar-refractivity contribution >= 4 is 12.6 Å². The van der Waals surface area contributed by atoms with Gasteiger partial charge in [0.2, 0.25) is 0 Å². The molecule has 2 heteroatoms. The van der Waals surface area contributed by atoms with E-state index in [1.165, 1.54) is 0 Å². The van der Waals surface area contributed by atoms with E-state index >= 15 is 0 Å². The normalized spacial score (nSPS) is 7.62. The number of hydrogen-bond acceptors (Lipinski definition) is 1. The van der Waals surface area contributed by atoms with Gasteiger partial charge in [0.1, 0.15) is 0 Å². The number of thiol groups is 1. The Hall–Kier alpha value is 0.232. The van der Waals surface area contributed by atoms with Gasteiger partial charge >= 0.3 is 0 Å². The van der Waals surface area contributed by atoms with Crippen molar-refractivity contribution < 1.29 is 20.4 Å². The van der Waals surface area contributed by atoms with Crippen LogP contribution in [0, 0.1) is 6.07 Å². The molecule has 0 radical (unpaired) electrons. The van der Waals surface area contributed by atoms with Crippen molar-refractivity contribution in [3.63, 3.8) is 0 Å². The molecule has 0 saturated carbocycles. The number of hydrogen-bond donors (Lipinski definition) is 1. The van der Waals surface area contributed by atoms with E-state index in [9.17, 15) is 0 Å². The molecule has 1 rings (SSSR count). The zero-order chi connectivity index (χ0) is 5.11. The maximum Gasteiger partial charge on any atom is 0 e. The van der Waals surface area contributed by atoms with Crippen molar-refractivity contribution in [1.29, 1.82) is 0 Å². The van der Waals surface area contributed by atoms with Crippen LogP contribution in [0.3, 0.4) is 0 Å². The van der Waals surface area contributed by atoms with Crippen molar-refractivity contribution in [2.24, 2.45) is 0 Å². The predicted octanol–water partition coefficient (Wildman–Crippen LogP) is 1.77. The monoisotopic (exact) mass is 215 g/mol. The third kappa shape index (κ3) is 2.52. The SMILES string of the molecule is Sc1cc[c-]cc1.[Pd]. The van der Waals surface area contributed by atoms with E-state index in [0.29, 0.717) is 0 Å². The molecule has 0 bridgehead atoms. The zero-order valence-corrected chi connectivity index (χ0v) is 6.52. The van der Waals surface area contributed by atoms with Crippen molar-refractivity contribution in [3.8, 4) is 0 Å². The van der Waals surface area contributed by atoms with Gasteiger partial charge in [-0.2, -0.15) is 43.0 Å². The fourth-order valence-electron chi connectivity index (χ4n) is 0.378. The minimum absolute atomic E-state index is 0. The van der Waals surface area contributed by atoms with Gasteiger partial charge in [0.05, 0.1) is 0 Å². The van der Waals surface area contributed by atoms with Crippen LogP contribution in [0.1, 0.15) is 0 Å². The standard InChI is InChI=1S/C6H5S.Pd/c7-6-4-2-1-3-5-6;/h2-5,7H;/q-1;. The Morgan fingerprint density at radius 1 is 1.25 bits per heavy atom. The van der Waals surface area contributed by atoms with Gasteiger partial charge in [-0.1, -0.05) is 0 Å². The van der Waals surface area contributed by atoms with Gasteiger partial charge in [0, 0.05) is 20.4 Å². The van der Waals surface area contributed by atoms with Crippen LogP contribution in [-0.2, 0) is 20.4 Å². The van der Waals surface area contributed by atoms with Crippen molar-refractivity contribution in [2.45, 2.75) is 4.90 Å². The molecule has 8 heavy (non-hydrogen) atoms. The molecular weight excluding hydrogens is 211 g/mol. The summed E-state index contributed by atoms with van der Waals surface area (Å²) < 4.78 is 0. The molecule has 0 fully saturated rings. The van der Waals surface area contributed by atoms with E-state index in [1.807, 2.05) is 24.3 Å². The smallest absolute Gasteiger partial charge is 0 e. The molecule has 0 saturated heterocycles. The van der Waals surface area contributed by atoms with Crippen LogP contribution in [0.4, 0.5) is 0 Å². The van der Waals surface area contributed by atoms with Crippen LogP contribution >= 0.6 is 12.6 Å². The van der Waals surface area contributed by atoms with Gasteiger partial charge in [-0.3, -0.25) is 0 Å². The van der Waals surface area contributed by atoms with Gasteiger partial charge in [0.25, 0.3) is 0 Å². The summed E-state index contributed by atoms with van der Waals surface area (Å²) in [6.45, 7) is 0. The zero-order valence-electron chi connectivity index (χ0n) is 4.07. The average molecular weight is 216 g/mol. The van der Waals surface area contributed by atoms with Gasteiger partial charge in [-0.15, -0.1) is 4.90 Å². The second kappa shape index (κ2) is 4.15. The number of benzene rings is 1. The van der Waals surface area contributed by atoms with Gasteiger partial charge in [0.15, 0.2) is 0 Å². The third-order valence-corrected chi connectivity index (χ3v) is 0.999. The average Bonchev–Trinajstić information content (AvgIpc) is 1.69. The predicted molar refractivity (Wildman–Crippen MR) is 32.5 cm³/mol. The van der Waals surface area contributed by atoms with E-state index in [2.05, 4.69) is 18.7 Å². The van der Waals surface area contributed by atoms with Crippen LogP contribution in [-0.4, -0.2) is 0 Å². The summed E-state index contributed by atoms with van der Waals surface area (Å²) in [5.74, 6) is 0. The summed E-state index contributed by atoms with van der Waals surface area (Å²) in [6, 6.07) is 10.3. The first-order valence-electron chi connectivity index (χ1n) is 2.04. The Labute approximate surface area is 68.4 Å². The van der Waals surface area contributed by atoms with Crippen LogP contribution < -0.4 is 0 Å². The summed E-state index contributed by atoms with van der Waals surface area (Å²) in [7, 11) is 0. The maximum absolute atomic E-state index is 4.06. The molecule has 1 aromatic rings. The molecule has 0 aliphatic rings. The fourth-order valence-corrected chi connectivity index (χ4v) is 0.527. The van der Waals surface area contributed by atoms with E-state index in [-0.39, 0.29) is 20.4 Å². The Bertz CT molecular complexity index is 138. The topological polar surface area (TPSA) is 0 Å². The molecule has 0 aromatic heterocycles. The molecule has 0 amide bonds. The maximum atomic E-state index is 4.06. The van der Waals surface area contributed by atoms with Gasteiger partial charge in [-0.25, -0.2) is 0 Å². The first-order chi connectivity index (χ1) is 3.39. The Balaban J connectivity index is 0.000000490. The van der Waals surface area contributed by atoms with Gasteiger partial charge in [-0.05, 0) is 0 Å². The molecule has 0 aliphatic carbocycles. The molecule has 0 atom stereocenters. The van der Waals surface area contributed by atoms with E-state index in [1.54, 1.807) is 0 Å². The number of rotatable bonds is 0.